The van der Waals surface area contributed by atoms with E-state index in [0.29, 0.717) is 24.3 Å². The lowest BCUT2D eigenvalue weighted by molar-refractivity contribution is -0.140. The molecule has 1 N–H and O–H groups in total. The monoisotopic (exact) mass is 593 g/mol. The molecular formula is C33H43N3O5S. The highest BCUT2D eigenvalue weighted by molar-refractivity contribution is 7.92. The first-order valence-corrected chi connectivity index (χ1v) is 15.9. The lowest BCUT2D eigenvalue weighted by Crippen LogP contribution is -2.53. The molecule has 2 amide bonds. The summed E-state index contributed by atoms with van der Waals surface area (Å²) in [5.74, 6) is -0.0705. The van der Waals surface area contributed by atoms with E-state index in [1.165, 1.54) is 9.21 Å². The van der Waals surface area contributed by atoms with Crippen LogP contribution in [0.1, 0.15) is 57.2 Å². The molecule has 0 aliphatic rings. The maximum Gasteiger partial charge on any atom is 0.264 e. The fraction of sp³-hybridized carbons (Fsp3) is 0.394. The zero-order valence-corrected chi connectivity index (χ0v) is 26.3. The van der Waals surface area contributed by atoms with E-state index >= 15 is 0 Å². The van der Waals surface area contributed by atoms with Gasteiger partial charge in [0, 0.05) is 12.6 Å². The second kappa shape index (κ2) is 14.9. The van der Waals surface area contributed by atoms with Gasteiger partial charge in [0.1, 0.15) is 18.3 Å². The topological polar surface area (TPSA) is 96.0 Å². The number of methoxy groups -OCH3 is 1. The van der Waals surface area contributed by atoms with Crippen molar-refractivity contribution in [2.45, 2.75) is 77.4 Å². The molecule has 3 aromatic carbocycles. The van der Waals surface area contributed by atoms with Crippen LogP contribution >= 0.6 is 0 Å². The van der Waals surface area contributed by atoms with Crippen LogP contribution in [-0.4, -0.2) is 50.9 Å². The summed E-state index contributed by atoms with van der Waals surface area (Å²) in [7, 11) is -2.54. The highest BCUT2D eigenvalue weighted by Crippen LogP contribution is 2.28. The highest BCUT2D eigenvalue weighted by atomic mass is 32.2. The Balaban J connectivity index is 2.09. The van der Waals surface area contributed by atoms with Crippen LogP contribution < -0.4 is 14.4 Å². The summed E-state index contributed by atoms with van der Waals surface area (Å²) in [6, 6.07) is 20.2. The minimum atomic E-state index is -4.12. The number of carbonyl (C=O) groups excluding carboxylic acids is 2. The summed E-state index contributed by atoms with van der Waals surface area (Å²) in [6.45, 7) is 9.24. The number of amides is 2. The molecule has 2 atom stereocenters. The van der Waals surface area contributed by atoms with E-state index in [9.17, 15) is 18.0 Å². The molecular weight excluding hydrogens is 550 g/mol. The van der Waals surface area contributed by atoms with Gasteiger partial charge in [0.25, 0.3) is 10.0 Å². The first kappa shape index (κ1) is 32.7. The van der Waals surface area contributed by atoms with Crippen LogP contribution in [0.2, 0.25) is 0 Å². The lowest BCUT2D eigenvalue weighted by Gasteiger charge is -2.34. The first-order valence-electron chi connectivity index (χ1n) is 14.5. The molecule has 0 bridgehead atoms. The van der Waals surface area contributed by atoms with Gasteiger partial charge in [-0.05, 0) is 74.6 Å². The Morgan fingerprint density at radius 1 is 0.905 bits per heavy atom. The number of sulfonamides is 1. The molecule has 0 fully saturated rings. The van der Waals surface area contributed by atoms with Crippen molar-refractivity contribution in [3.05, 3.63) is 89.5 Å². The maximum absolute atomic E-state index is 14.3. The second-order valence-corrected chi connectivity index (χ2v) is 12.3. The molecule has 0 aromatic heterocycles. The molecule has 0 heterocycles. The molecule has 0 saturated carbocycles. The predicted octanol–water partition coefficient (Wildman–Crippen LogP) is 5.48. The van der Waals surface area contributed by atoms with Gasteiger partial charge in [0.15, 0.2) is 0 Å². The molecule has 0 spiro atoms. The van der Waals surface area contributed by atoms with E-state index in [2.05, 4.69) is 5.32 Å². The quantitative estimate of drug-likeness (QED) is 0.267. The number of nitrogens with zero attached hydrogens (tertiary/aromatic N) is 2. The number of rotatable bonds is 14. The fourth-order valence-electron chi connectivity index (χ4n) is 4.69. The minimum absolute atomic E-state index is 0.0701. The molecule has 0 saturated heterocycles. The summed E-state index contributed by atoms with van der Waals surface area (Å²) in [4.78, 5) is 29.3. The number of ether oxygens (including phenoxy) is 1. The SMILES string of the molecule is CCc1ccccc1N(CC(=O)N(Cc1ccc(OC)cc1)[C@H](CC)C(=O)N[C@H](C)CC)S(=O)(=O)c1ccc(C)cc1. The van der Waals surface area contributed by atoms with Crippen LogP contribution in [-0.2, 0) is 32.6 Å². The normalized spacial score (nSPS) is 12.7. The first-order chi connectivity index (χ1) is 20.0. The van der Waals surface area contributed by atoms with Crippen molar-refractivity contribution < 1.29 is 22.7 Å². The Morgan fingerprint density at radius 3 is 2.12 bits per heavy atom. The third-order valence-electron chi connectivity index (χ3n) is 7.43. The van der Waals surface area contributed by atoms with E-state index < -0.39 is 28.5 Å². The highest BCUT2D eigenvalue weighted by Gasteiger charge is 2.34. The number of hydrogen-bond donors (Lipinski definition) is 1. The summed E-state index contributed by atoms with van der Waals surface area (Å²) in [5.41, 5.74) is 2.95. The Bertz CT molecular complexity index is 1440. The Hall–Kier alpha value is -3.85. The van der Waals surface area contributed by atoms with E-state index in [1.54, 1.807) is 55.6 Å². The summed E-state index contributed by atoms with van der Waals surface area (Å²) < 4.78 is 34.7. The van der Waals surface area contributed by atoms with E-state index in [4.69, 9.17) is 4.74 Å². The lowest BCUT2D eigenvalue weighted by atomic mass is 10.1. The molecule has 3 rings (SSSR count). The standard InChI is InChI=1S/C33H43N3O5S/c1-7-25(5)34-33(38)30(9-3)35(22-26-16-18-28(41-6)19-17-26)32(37)23-36(31-13-11-10-12-27(31)8-2)42(39,40)29-20-14-24(4)15-21-29/h10-21,25,30H,7-9,22-23H2,1-6H3,(H,34,38)/t25-,30-/m1/s1. The summed E-state index contributed by atoms with van der Waals surface area (Å²) in [6.07, 6.45) is 1.68. The molecule has 42 heavy (non-hydrogen) atoms. The van der Waals surface area contributed by atoms with Gasteiger partial charge in [0.05, 0.1) is 17.7 Å². The zero-order chi connectivity index (χ0) is 30.9. The van der Waals surface area contributed by atoms with Crippen molar-refractivity contribution in [2.24, 2.45) is 0 Å². The smallest absolute Gasteiger partial charge is 0.264 e. The summed E-state index contributed by atoms with van der Waals surface area (Å²) >= 11 is 0. The van der Waals surface area contributed by atoms with Crippen molar-refractivity contribution in [3.8, 4) is 5.75 Å². The van der Waals surface area contributed by atoms with Gasteiger partial charge in [-0.15, -0.1) is 0 Å². The molecule has 0 unspecified atom stereocenters. The average molecular weight is 594 g/mol. The van der Waals surface area contributed by atoms with Gasteiger partial charge < -0.3 is 15.0 Å². The molecule has 0 radical (unpaired) electrons. The van der Waals surface area contributed by atoms with Crippen LogP contribution in [0.25, 0.3) is 0 Å². The minimum Gasteiger partial charge on any atom is -0.497 e. The number of hydrogen-bond acceptors (Lipinski definition) is 5. The molecule has 3 aromatic rings. The average Bonchev–Trinajstić information content (AvgIpc) is 2.99. The van der Waals surface area contributed by atoms with Crippen LogP contribution in [0.4, 0.5) is 5.69 Å². The van der Waals surface area contributed by atoms with Gasteiger partial charge >= 0.3 is 0 Å². The second-order valence-electron chi connectivity index (χ2n) is 10.4. The Morgan fingerprint density at radius 2 is 1.55 bits per heavy atom. The van der Waals surface area contributed by atoms with Crippen molar-refractivity contribution in [1.29, 1.82) is 0 Å². The van der Waals surface area contributed by atoms with Crippen molar-refractivity contribution in [2.75, 3.05) is 18.0 Å². The molecule has 0 aliphatic heterocycles. The largest absolute Gasteiger partial charge is 0.497 e. The number of para-hydroxylation sites is 1. The van der Waals surface area contributed by atoms with E-state index in [-0.39, 0.29) is 23.4 Å². The molecule has 8 nitrogen and oxygen atoms in total. The van der Waals surface area contributed by atoms with Gasteiger partial charge in [-0.1, -0.05) is 68.8 Å². The van der Waals surface area contributed by atoms with Crippen molar-refractivity contribution in [1.82, 2.24) is 10.2 Å². The van der Waals surface area contributed by atoms with E-state index in [1.807, 2.05) is 58.9 Å². The maximum atomic E-state index is 14.3. The van der Waals surface area contributed by atoms with Gasteiger partial charge in [-0.3, -0.25) is 13.9 Å². The summed E-state index contributed by atoms with van der Waals surface area (Å²) in [5, 5.41) is 3.00. The van der Waals surface area contributed by atoms with Crippen LogP contribution in [0.5, 0.6) is 5.75 Å². The van der Waals surface area contributed by atoms with Crippen LogP contribution in [0, 0.1) is 6.92 Å². The fourth-order valence-corrected chi connectivity index (χ4v) is 6.14. The Kier molecular flexibility index (Phi) is 11.6. The third-order valence-corrected chi connectivity index (χ3v) is 9.20. The van der Waals surface area contributed by atoms with E-state index in [0.717, 1.165) is 23.1 Å². The number of anilines is 1. The molecule has 0 aliphatic carbocycles. The molecule has 9 heteroatoms. The number of nitrogens with one attached hydrogen (secondary N) is 1. The van der Waals surface area contributed by atoms with Crippen molar-refractivity contribution >= 4 is 27.5 Å². The molecule has 226 valence electrons. The van der Waals surface area contributed by atoms with Crippen LogP contribution in [0.3, 0.4) is 0 Å². The van der Waals surface area contributed by atoms with Gasteiger partial charge in [-0.2, -0.15) is 0 Å². The van der Waals surface area contributed by atoms with Gasteiger partial charge in [-0.25, -0.2) is 8.42 Å². The van der Waals surface area contributed by atoms with Gasteiger partial charge in [0.2, 0.25) is 11.8 Å². The third kappa shape index (κ3) is 7.91. The van der Waals surface area contributed by atoms with Crippen molar-refractivity contribution in [3.63, 3.8) is 0 Å². The number of aryl methyl sites for hydroxylation is 2. The van der Waals surface area contributed by atoms with Crippen LogP contribution in [0.15, 0.2) is 77.7 Å². The Labute approximate surface area is 250 Å². The number of carbonyl (C=O) groups is 2. The predicted molar refractivity (Wildman–Crippen MR) is 167 cm³/mol. The zero-order valence-electron chi connectivity index (χ0n) is 25.5. The number of benzene rings is 3.